The van der Waals surface area contributed by atoms with Crippen LogP contribution in [-0.4, -0.2) is 27.7 Å². The Morgan fingerprint density at radius 1 is 1.30 bits per heavy atom. The van der Waals surface area contributed by atoms with E-state index in [0.29, 0.717) is 24.6 Å². The Morgan fingerprint density at radius 3 is 2.59 bits per heavy atom. The van der Waals surface area contributed by atoms with E-state index in [4.69, 9.17) is 28.9 Å². The number of nitrogens with two attached hydrogens (primary N) is 1. The first kappa shape index (κ1) is 19.6. The van der Waals surface area contributed by atoms with E-state index < -0.39 is 17.4 Å². The molecule has 2 amide bonds. The zero-order chi connectivity index (χ0) is 19.7. The first-order chi connectivity index (χ1) is 12.8. The van der Waals surface area contributed by atoms with Gasteiger partial charge in [0.15, 0.2) is 0 Å². The normalized spacial score (nSPS) is 10.9. The van der Waals surface area contributed by atoms with Crippen LogP contribution in [0, 0.1) is 0 Å². The van der Waals surface area contributed by atoms with Crippen molar-refractivity contribution in [2.45, 2.75) is 4.21 Å². The molecule has 0 unspecified atom stereocenters. The Labute approximate surface area is 170 Å². The summed E-state index contributed by atoms with van der Waals surface area (Å²) in [4.78, 5) is 38.1. The van der Waals surface area contributed by atoms with E-state index in [1.165, 1.54) is 0 Å². The Bertz CT molecular complexity index is 1110. The van der Waals surface area contributed by atoms with Gasteiger partial charge in [-0.3, -0.25) is 14.4 Å². The molecule has 0 atom stereocenters. The second kappa shape index (κ2) is 7.81. The number of carbonyl (C=O) groups is 2. The van der Waals surface area contributed by atoms with Gasteiger partial charge in [-0.25, -0.2) is 0 Å². The lowest BCUT2D eigenvalue weighted by atomic mass is 10.2. The summed E-state index contributed by atoms with van der Waals surface area (Å²) >= 11 is 14.1. The first-order valence-electron chi connectivity index (χ1n) is 7.33. The fourth-order valence-electron chi connectivity index (χ4n) is 2.31. The van der Waals surface area contributed by atoms with E-state index in [1.54, 1.807) is 18.2 Å². The molecule has 0 aliphatic carbocycles. The third-order valence-corrected chi connectivity index (χ3v) is 6.55. The molecule has 2 heterocycles. The van der Waals surface area contributed by atoms with E-state index in [1.807, 2.05) is 0 Å². The van der Waals surface area contributed by atoms with Crippen LogP contribution in [0.1, 0.15) is 10.4 Å². The molecule has 5 N–H and O–H groups in total. The number of amides is 2. The zero-order valence-corrected chi connectivity index (χ0v) is 16.5. The number of H-pyrrole nitrogens is 1. The quantitative estimate of drug-likeness (QED) is 0.449. The molecule has 3 aromatic rings. The van der Waals surface area contributed by atoms with Gasteiger partial charge in [-0.1, -0.05) is 29.3 Å². The zero-order valence-electron chi connectivity index (χ0n) is 13.3. The minimum absolute atomic E-state index is 0.0524. The molecular weight excluding hydrogens is 433 g/mol. The van der Waals surface area contributed by atoms with Crippen LogP contribution in [0.15, 0.2) is 33.3 Å². The summed E-state index contributed by atoms with van der Waals surface area (Å²) in [5.41, 5.74) is 5.34. The van der Waals surface area contributed by atoms with Gasteiger partial charge in [0, 0.05) is 6.07 Å². The number of rotatable bonds is 5. The van der Waals surface area contributed by atoms with Gasteiger partial charge in [-0.15, -0.1) is 23.1 Å². The maximum atomic E-state index is 12.2. The molecule has 0 radical (unpaired) electrons. The number of carbonyl (C=O) groups excluding carboxylic acids is 2. The van der Waals surface area contributed by atoms with Crippen molar-refractivity contribution in [2.24, 2.45) is 5.73 Å². The molecule has 0 fully saturated rings. The smallest absolute Gasteiger partial charge is 0.252 e. The average molecular weight is 444 g/mol. The van der Waals surface area contributed by atoms with Crippen LogP contribution < -0.4 is 16.6 Å². The van der Waals surface area contributed by atoms with Crippen molar-refractivity contribution in [3.63, 3.8) is 0 Å². The lowest BCUT2D eigenvalue weighted by Crippen LogP contribution is -2.16. The number of aromatic hydroxyl groups is 1. The predicted molar refractivity (Wildman–Crippen MR) is 108 cm³/mol. The number of benzene rings is 1. The number of thiophene rings is 1. The number of aromatic nitrogens is 1. The molecule has 0 spiro atoms. The fraction of sp³-hybridized carbons (Fsp3) is 0.0625. The lowest BCUT2D eigenvalue weighted by Gasteiger charge is -2.08. The Morgan fingerprint density at radius 2 is 1.96 bits per heavy atom. The van der Waals surface area contributed by atoms with E-state index in [0.717, 1.165) is 29.2 Å². The summed E-state index contributed by atoms with van der Waals surface area (Å²) in [5, 5.41) is 13.1. The molecule has 11 heteroatoms. The molecule has 140 valence electrons. The largest absolute Gasteiger partial charge is 0.506 e. The van der Waals surface area contributed by atoms with Crippen molar-refractivity contribution in [1.82, 2.24) is 4.98 Å². The van der Waals surface area contributed by atoms with Crippen LogP contribution in [0.4, 0.5) is 5.69 Å². The minimum Gasteiger partial charge on any atom is -0.506 e. The second-order valence-corrected chi connectivity index (χ2v) is 8.36. The molecule has 27 heavy (non-hydrogen) atoms. The van der Waals surface area contributed by atoms with Crippen molar-refractivity contribution in [3.05, 3.63) is 50.2 Å². The first-order valence-corrected chi connectivity index (χ1v) is 9.89. The van der Waals surface area contributed by atoms with Gasteiger partial charge in [0.05, 0.1) is 41.5 Å². The van der Waals surface area contributed by atoms with Gasteiger partial charge in [0.1, 0.15) is 5.75 Å². The summed E-state index contributed by atoms with van der Waals surface area (Å²) in [5.74, 6) is -1.51. The molecule has 0 bridgehead atoms. The summed E-state index contributed by atoms with van der Waals surface area (Å²) in [6.45, 7) is 0. The standard InChI is InChI=1S/C16H11Cl2N3O4S2/c17-6-2-1-3-7(18)12(6)21-10(24)5-26-16-11(15(19)25)13-14(27-16)8(22)4-9(23)20-13/h1-4H,5H2,(H2,19,25)(H,21,24)(H2,20,22,23). The van der Waals surface area contributed by atoms with Crippen LogP contribution in [0.2, 0.25) is 10.0 Å². The summed E-state index contributed by atoms with van der Waals surface area (Å²) < 4.78 is 0.704. The van der Waals surface area contributed by atoms with Crippen LogP contribution in [0.3, 0.4) is 0 Å². The van der Waals surface area contributed by atoms with Crippen molar-refractivity contribution in [2.75, 3.05) is 11.1 Å². The van der Waals surface area contributed by atoms with Crippen molar-refractivity contribution in [1.29, 1.82) is 0 Å². The predicted octanol–water partition coefficient (Wildman–Crippen LogP) is 3.43. The molecule has 1 aromatic carbocycles. The summed E-state index contributed by atoms with van der Waals surface area (Å²) in [7, 11) is 0. The number of fused-ring (bicyclic) bond motifs is 1. The van der Waals surface area contributed by atoms with Gasteiger partial charge in [-0.2, -0.15) is 0 Å². The van der Waals surface area contributed by atoms with Crippen LogP contribution in [0.25, 0.3) is 10.2 Å². The number of nitrogens with one attached hydrogen (secondary N) is 2. The average Bonchev–Trinajstić information content (AvgIpc) is 2.95. The molecule has 0 saturated heterocycles. The highest BCUT2D eigenvalue weighted by atomic mass is 35.5. The lowest BCUT2D eigenvalue weighted by molar-refractivity contribution is -0.113. The van der Waals surface area contributed by atoms with Crippen LogP contribution in [-0.2, 0) is 4.79 Å². The third kappa shape index (κ3) is 4.06. The Balaban J connectivity index is 1.86. The maximum absolute atomic E-state index is 12.2. The molecule has 0 saturated carbocycles. The molecule has 7 nitrogen and oxygen atoms in total. The molecule has 2 aromatic heterocycles. The van der Waals surface area contributed by atoms with E-state index in [9.17, 15) is 19.5 Å². The maximum Gasteiger partial charge on any atom is 0.252 e. The van der Waals surface area contributed by atoms with Crippen molar-refractivity contribution >= 4 is 74.0 Å². The number of para-hydroxylation sites is 1. The number of hydrogen-bond acceptors (Lipinski definition) is 6. The van der Waals surface area contributed by atoms with E-state index in [2.05, 4.69) is 10.3 Å². The second-order valence-electron chi connectivity index (χ2n) is 5.29. The Kier molecular flexibility index (Phi) is 5.66. The number of anilines is 1. The molecule has 0 aliphatic heterocycles. The third-order valence-electron chi connectivity index (χ3n) is 3.43. The number of primary amides is 1. The Hall–Kier alpha value is -2.20. The van der Waals surface area contributed by atoms with Gasteiger partial charge in [0.2, 0.25) is 5.91 Å². The van der Waals surface area contributed by atoms with Gasteiger partial charge < -0.3 is 21.1 Å². The molecule has 3 rings (SSSR count). The van der Waals surface area contributed by atoms with Crippen LogP contribution in [0.5, 0.6) is 5.75 Å². The van der Waals surface area contributed by atoms with Crippen molar-refractivity contribution < 1.29 is 14.7 Å². The number of halogens is 2. The highest BCUT2D eigenvalue weighted by Gasteiger charge is 2.21. The molecule has 0 aliphatic rings. The van der Waals surface area contributed by atoms with Crippen molar-refractivity contribution in [3.8, 4) is 5.75 Å². The minimum atomic E-state index is -0.778. The van der Waals surface area contributed by atoms with E-state index >= 15 is 0 Å². The van der Waals surface area contributed by atoms with Crippen LogP contribution >= 0.6 is 46.3 Å². The highest BCUT2D eigenvalue weighted by molar-refractivity contribution is 8.02. The van der Waals surface area contributed by atoms with Gasteiger partial charge >= 0.3 is 0 Å². The van der Waals surface area contributed by atoms with Gasteiger partial charge in [0.25, 0.3) is 11.5 Å². The number of pyridine rings is 1. The fourth-order valence-corrected chi connectivity index (χ4v) is 5.05. The number of aromatic amines is 1. The van der Waals surface area contributed by atoms with E-state index in [-0.39, 0.29) is 22.6 Å². The number of hydrogen-bond donors (Lipinski definition) is 4. The summed E-state index contributed by atoms with van der Waals surface area (Å²) in [6.07, 6.45) is 0. The SMILES string of the molecule is NC(=O)c1c(SCC(=O)Nc2c(Cl)cccc2Cl)sc2c(O)cc(=O)[nH]c12. The summed E-state index contributed by atoms with van der Waals surface area (Å²) in [6, 6.07) is 5.84. The number of thioether (sulfide) groups is 1. The monoisotopic (exact) mass is 443 g/mol. The van der Waals surface area contributed by atoms with Gasteiger partial charge in [-0.05, 0) is 12.1 Å². The topological polar surface area (TPSA) is 125 Å². The highest BCUT2D eigenvalue weighted by Crippen LogP contribution is 2.40. The molecular formula is C16H11Cl2N3O4S2.